The summed E-state index contributed by atoms with van der Waals surface area (Å²) in [5.41, 5.74) is 7.67. The summed E-state index contributed by atoms with van der Waals surface area (Å²) in [6, 6.07) is 24.5. The molecular formula is C32H32N2O10. The molecule has 0 radical (unpaired) electrons. The minimum atomic E-state index is -0.816. The van der Waals surface area contributed by atoms with Gasteiger partial charge in [0.25, 0.3) is 5.69 Å². The highest BCUT2D eigenvalue weighted by molar-refractivity contribution is 5.96. The highest BCUT2D eigenvalue weighted by atomic mass is 16.6. The molecule has 0 aliphatic heterocycles. The van der Waals surface area contributed by atoms with Crippen LogP contribution in [-0.2, 0) is 22.7 Å². The van der Waals surface area contributed by atoms with Crippen molar-refractivity contribution in [1.29, 1.82) is 0 Å². The molecule has 0 atom stereocenters. The van der Waals surface area contributed by atoms with Gasteiger partial charge in [-0.3, -0.25) is 10.1 Å². The average molecular weight is 605 g/mol. The zero-order valence-corrected chi connectivity index (χ0v) is 24.6. The van der Waals surface area contributed by atoms with Crippen molar-refractivity contribution in [3.8, 4) is 23.0 Å². The third-order valence-corrected chi connectivity index (χ3v) is 6.10. The van der Waals surface area contributed by atoms with Gasteiger partial charge in [-0.25, -0.2) is 9.59 Å². The van der Waals surface area contributed by atoms with Gasteiger partial charge in [-0.1, -0.05) is 60.7 Å². The lowest BCUT2D eigenvalue weighted by Gasteiger charge is -2.13. The number of methoxy groups -OCH3 is 4. The van der Waals surface area contributed by atoms with Crippen LogP contribution < -0.4 is 24.7 Å². The lowest BCUT2D eigenvalue weighted by Crippen LogP contribution is -2.07. The molecule has 4 aromatic rings. The fourth-order valence-corrected chi connectivity index (χ4v) is 3.85. The molecule has 0 unspecified atom stereocenters. The van der Waals surface area contributed by atoms with Gasteiger partial charge in [0, 0.05) is 18.2 Å². The number of esters is 2. The topological polar surface area (TPSA) is 159 Å². The number of hydrogen-bond acceptors (Lipinski definition) is 11. The molecule has 0 aromatic heterocycles. The summed E-state index contributed by atoms with van der Waals surface area (Å²) >= 11 is 0. The molecule has 230 valence electrons. The maximum Gasteiger partial charge on any atom is 0.345 e. The predicted molar refractivity (Wildman–Crippen MR) is 161 cm³/mol. The van der Waals surface area contributed by atoms with Crippen molar-refractivity contribution in [1.82, 2.24) is 0 Å². The first-order chi connectivity index (χ1) is 21.2. The van der Waals surface area contributed by atoms with Crippen molar-refractivity contribution in [2.45, 2.75) is 13.2 Å². The number of benzene rings is 4. The van der Waals surface area contributed by atoms with Crippen LogP contribution in [0.25, 0.3) is 0 Å². The van der Waals surface area contributed by atoms with E-state index in [0.29, 0.717) is 18.1 Å². The van der Waals surface area contributed by atoms with Crippen LogP contribution in [0.5, 0.6) is 23.0 Å². The number of nitrogens with zero attached hydrogens (tertiary/aromatic N) is 1. The number of rotatable bonds is 11. The zero-order valence-electron chi connectivity index (χ0n) is 24.6. The van der Waals surface area contributed by atoms with Gasteiger partial charge in [0.2, 0.25) is 0 Å². The van der Waals surface area contributed by atoms with Crippen molar-refractivity contribution in [2.24, 2.45) is 0 Å². The Labute approximate surface area is 254 Å². The maximum absolute atomic E-state index is 11.7. The first kappa shape index (κ1) is 32.7. The van der Waals surface area contributed by atoms with Gasteiger partial charge in [-0.2, -0.15) is 0 Å². The van der Waals surface area contributed by atoms with E-state index in [1.54, 1.807) is 6.07 Å². The van der Waals surface area contributed by atoms with Crippen molar-refractivity contribution < 1.29 is 42.9 Å². The minimum Gasteiger partial charge on any atom is -0.493 e. The molecule has 2 N–H and O–H groups in total. The van der Waals surface area contributed by atoms with Crippen LogP contribution in [0.3, 0.4) is 0 Å². The molecule has 44 heavy (non-hydrogen) atoms. The Morgan fingerprint density at radius 2 is 1.09 bits per heavy atom. The molecule has 4 rings (SSSR count). The molecular weight excluding hydrogens is 572 g/mol. The number of hydrogen-bond donors (Lipinski definition) is 1. The smallest absolute Gasteiger partial charge is 0.345 e. The van der Waals surface area contributed by atoms with Crippen LogP contribution in [-0.4, -0.2) is 45.3 Å². The number of nitrogen functional groups attached to an aromatic ring is 1. The summed E-state index contributed by atoms with van der Waals surface area (Å²) in [5.74, 6) is -0.0293. The van der Waals surface area contributed by atoms with Gasteiger partial charge in [0.15, 0.2) is 23.0 Å². The number of anilines is 1. The quantitative estimate of drug-likeness (QED) is 0.0981. The third kappa shape index (κ3) is 8.61. The Morgan fingerprint density at radius 3 is 1.52 bits per heavy atom. The van der Waals surface area contributed by atoms with Gasteiger partial charge in [0.05, 0.1) is 50.7 Å². The van der Waals surface area contributed by atoms with E-state index in [1.165, 1.54) is 33.5 Å². The van der Waals surface area contributed by atoms with E-state index in [-0.39, 0.29) is 34.9 Å². The molecule has 0 aliphatic carbocycles. The zero-order chi connectivity index (χ0) is 32.1. The van der Waals surface area contributed by atoms with E-state index in [0.717, 1.165) is 24.3 Å². The van der Waals surface area contributed by atoms with Gasteiger partial charge in [-0.15, -0.1) is 0 Å². The lowest BCUT2D eigenvalue weighted by atomic mass is 10.1. The van der Waals surface area contributed by atoms with Crippen LogP contribution in [0.15, 0.2) is 84.9 Å². The molecule has 0 saturated carbocycles. The largest absolute Gasteiger partial charge is 0.493 e. The summed E-state index contributed by atoms with van der Waals surface area (Å²) < 4.78 is 31.0. The molecule has 12 heteroatoms. The van der Waals surface area contributed by atoms with E-state index in [2.05, 4.69) is 4.74 Å². The molecule has 4 aromatic carbocycles. The van der Waals surface area contributed by atoms with Crippen LogP contribution >= 0.6 is 0 Å². The second-order valence-electron chi connectivity index (χ2n) is 8.90. The Morgan fingerprint density at radius 1 is 0.659 bits per heavy atom. The number of ether oxygens (including phenoxy) is 6. The summed E-state index contributed by atoms with van der Waals surface area (Å²) in [7, 11) is 5.34. The van der Waals surface area contributed by atoms with Crippen LogP contribution in [0, 0.1) is 10.1 Å². The van der Waals surface area contributed by atoms with Gasteiger partial charge in [0.1, 0.15) is 18.8 Å². The predicted octanol–water partition coefficient (Wildman–Crippen LogP) is 5.61. The van der Waals surface area contributed by atoms with Crippen molar-refractivity contribution in [3.05, 3.63) is 117 Å². The number of nitro benzene ring substituents is 1. The highest BCUT2D eigenvalue weighted by Gasteiger charge is 2.25. The Bertz CT molecular complexity index is 1580. The lowest BCUT2D eigenvalue weighted by molar-refractivity contribution is -0.385. The van der Waals surface area contributed by atoms with Gasteiger partial charge >= 0.3 is 11.9 Å². The molecule has 0 aliphatic rings. The maximum atomic E-state index is 11.7. The van der Waals surface area contributed by atoms with Crippen LogP contribution in [0.2, 0.25) is 0 Å². The van der Waals surface area contributed by atoms with E-state index < -0.39 is 22.5 Å². The Balaban J connectivity index is 0.000000241. The van der Waals surface area contributed by atoms with Gasteiger partial charge in [-0.05, 0) is 11.1 Å². The second kappa shape index (κ2) is 16.0. The molecule has 0 amide bonds. The van der Waals surface area contributed by atoms with Crippen LogP contribution in [0.1, 0.15) is 31.8 Å². The van der Waals surface area contributed by atoms with Crippen molar-refractivity contribution in [3.63, 3.8) is 0 Å². The Kier molecular flexibility index (Phi) is 11.9. The third-order valence-electron chi connectivity index (χ3n) is 6.10. The van der Waals surface area contributed by atoms with E-state index in [4.69, 9.17) is 29.4 Å². The number of carbonyl (C=O) groups excluding carboxylic acids is 2. The molecule has 0 spiro atoms. The van der Waals surface area contributed by atoms with E-state index >= 15 is 0 Å². The normalized spacial score (nSPS) is 10.0. The fourth-order valence-electron chi connectivity index (χ4n) is 3.85. The summed E-state index contributed by atoms with van der Waals surface area (Å²) in [6.07, 6.45) is 0. The van der Waals surface area contributed by atoms with E-state index in [9.17, 15) is 19.7 Å². The molecule has 0 saturated heterocycles. The van der Waals surface area contributed by atoms with E-state index in [1.807, 2.05) is 60.7 Å². The average Bonchev–Trinajstić information content (AvgIpc) is 3.06. The number of nitro groups is 1. The molecule has 0 fully saturated rings. The highest BCUT2D eigenvalue weighted by Crippen LogP contribution is 2.36. The summed E-state index contributed by atoms with van der Waals surface area (Å²) in [4.78, 5) is 33.8. The second-order valence-corrected chi connectivity index (χ2v) is 8.90. The van der Waals surface area contributed by atoms with Crippen molar-refractivity contribution in [2.75, 3.05) is 34.2 Å². The summed E-state index contributed by atoms with van der Waals surface area (Å²) in [6.45, 7) is 0.595. The van der Waals surface area contributed by atoms with Crippen molar-refractivity contribution >= 4 is 23.3 Å². The monoisotopic (exact) mass is 604 g/mol. The molecule has 0 heterocycles. The first-order valence-electron chi connectivity index (χ1n) is 13.1. The number of carbonyl (C=O) groups is 2. The number of nitrogens with two attached hydrogens (primary N) is 1. The van der Waals surface area contributed by atoms with Gasteiger partial charge < -0.3 is 34.2 Å². The SMILES string of the molecule is COC(=O)c1cc(OCc2ccccc2)c(OC)cc1N.COC(=O)c1cc(OCc2ccccc2)c(OC)cc1[N+](=O)[O-]. The minimum absolute atomic E-state index is 0.167. The molecule has 12 nitrogen and oxygen atoms in total. The fraction of sp³-hybridized carbons (Fsp3) is 0.188. The first-order valence-corrected chi connectivity index (χ1v) is 13.1. The Hall–Kier alpha value is -5.78. The van der Waals surface area contributed by atoms with Crippen LogP contribution in [0.4, 0.5) is 11.4 Å². The summed E-state index contributed by atoms with van der Waals surface area (Å²) in [5, 5.41) is 11.1. The standard InChI is InChI=1S/C16H15NO6.C16H17NO4/c1-21-14-9-13(17(19)20)12(16(18)22-2)8-15(14)23-10-11-6-4-3-5-7-11;1-19-14-9-13(17)12(16(18)20-2)8-15(14)21-10-11-6-4-3-5-7-11/h3-9H,10H2,1-2H3;3-9H,10,17H2,1-2H3. The molecule has 0 bridgehead atoms.